The minimum absolute atomic E-state index is 0.0678. The summed E-state index contributed by atoms with van der Waals surface area (Å²) in [5, 5.41) is 8.34. The van der Waals surface area contributed by atoms with E-state index in [1.165, 1.54) is 0 Å². The summed E-state index contributed by atoms with van der Waals surface area (Å²) in [5.74, 6) is -0.320. The molecule has 1 saturated carbocycles. The van der Waals surface area contributed by atoms with Gasteiger partial charge in [0, 0.05) is 17.2 Å². The quantitative estimate of drug-likeness (QED) is 0.705. The maximum atomic E-state index is 12.1. The lowest BCUT2D eigenvalue weighted by Crippen LogP contribution is -2.38. The van der Waals surface area contributed by atoms with Gasteiger partial charge in [0.1, 0.15) is 0 Å². The van der Waals surface area contributed by atoms with Crippen LogP contribution in [0.2, 0.25) is 0 Å². The van der Waals surface area contributed by atoms with Crippen LogP contribution in [-0.4, -0.2) is 24.3 Å². The van der Waals surface area contributed by atoms with Gasteiger partial charge in [0.05, 0.1) is 12.6 Å². The van der Waals surface area contributed by atoms with E-state index < -0.39 is 0 Å². The van der Waals surface area contributed by atoms with Crippen molar-refractivity contribution in [2.24, 2.45) is 5.92 Å². The highest BCUT2D eigenvalue weighted by atomic mass is 16.2. The van der Waals surface area contributed by atoms with Crippen molar-refractivity contribution in [3.05, 3.63) is 65.7 Å². The predicted molar refractivity (Wildman–Crippen MR) is 103 cm³/mol. The molecule has 0 bridgehead atoms. The summed E-state index contributed by atoms with van der Waals surface area (Å²) in [6, 6.07) is 15.9. The van der Waals surface area contributed by atoms with Gasteiger partial charge < -0.3 is 16.0 Å². The van der Waals surface area contributed by atoms with Crippen molar-refractivity contribution < 1.29 is 14.4 Å². The maximum absolute atomic E-state index is 12.1. The minimum atomic E-state index is -0.283. The van der Waals surface area contributed by atoms with Gasteiger partial charge in [-0.1, -0.05) is 30.3 Å². The summed E-state index contributed by atoms with van der Waals surface area (Å²) in [5.41, 5.74) is 2.19. The van der Waals surface area contributed by atoms with Crippen molar-refractivity contribution >= 4 is 23.4 Å². The Morgan fingerprint density at radius 3 is 2.30 bits per heavy atom. The van der Waals surface area contributed by atoms with Gasteiger partial charge in [-0.3, -0.25) is 14.4 Å². The third-order valence-electron chi connectivity index (χ3n) is 4.45. The lowest BCUT2D eigenvalue weighted by atomic mass is 10.1. The summed E-state index contributed by atoms with van der Waals surface area (Å²) in [7, 11) is 0. The van der Waals surface area contributed by atoms with E-state index in [9.17, 15) is 14.4 Å². The first-order valence-electron chi connectivity index (χ1n) is 9.06. The SMILES string of the molecule is CC(NC(=O)CNC(=O)c1ccccc1)c1ccc(NC(=O)C2CC2)cc1. The Balaban J connectivity index is 1.46. The monoisotopic (exact) mass is 365 g/mol. The molecule has 1 aliphatic rings. The Hall–Kier alpha value is -3.15. The number of anilines is 1. The van der Waals surface area contributed by atoms with Crippen molar-refractivity contribution in [3.63, 3.8) is 0 Å². The predicted octanol–water partition coefficient (Wildman–Crippen LogP) is 2.64. The normalized spacial score (nSPS) is 14.1. The van der Waals surface area contributed by atoms with Crippen LogP contribution >= 0.6 is 0 Å². The minimum Gasteiger partial charge on any atom is -0.348 e. The van der Waals surface area contributed by atoms with Crippen LogP contribution in [0.15, 0.2) is 54.6 Å². The number of carbonyl (C=O) groups excluding carboxylic acids is 3. The van der Waals surface area contributed by atoms with Crippen molar-refractivity contribution in [3.8, 4) is 0 Å². The van der Waals surface area contributed by atoms with Gasteiger partial charge in [0.15, 0.2) is 0 Å². The number of rotatable bonds is 7. The summed E-state index contributed by atoms with van der Waals surface area (Å²) >= 11 is 0. The van der Waals surface area contributed by atoms with Crippen LogP contribution in [0.5, 0.6) is 0 Å². The van der Waals surface area contributed by atoms with Gasteiger partial charge >= 0.3 is 0 Å². The van der Waals surface area contributed by atoms with Gasteiger partial charge in [-0.05, 0) is 49.6 Å². The first-order chi connectivity index (χ1) is 13.0. The highest BCUT2D eigenvalue weighted by Gasteiger charge is 2.29. The van der Waals surface area contributed by atoms with E-state index in [1.54, 1.807) is 24.3 Å². The molecule has 3 N–H and O–H groups in total. The standard InChI is InChI=1S/C21H23N3O3/c1-14(15-9-11-18(12-10-15)24-21(27)17-7-8-17)23-19(25)13-22-20(26)16-5-3-2-4-6-16/h2-6,9-12,14,17H,7-8,13H2,1H3,(H,22,26)(H,23,25)(H,24,27). The zero-order valence-corrected chi connectivity index (χ0v) is 15.2. The van der Waals surface area contributed by atoms with Gasteiger partial charge in [-0.25, -0.2) is 0 Å². The summed E-state index contributed by atoms with van der Waals surface area (Å²) in [4.78, 5) is 35.8. The van der Waals surface area contributed by atoms with Gasteiger partial charge in [-0.15, -0.1) is 0 Å². The third-order valence-corrected chi connectivity index (χ3v) is 4.45. The Morgan fingerprint density at radius 2 is 1.67 bits per heavy atom. The van der Waals surface area contributed by atoms with E-state index in [1.807, 2.05) is 37.3 Å². The van der Waals surface area contributed by atoms with Crippen LogP contribution < -0.4 is 16.0 Å². The fourth-order valence-corrected chi connectivity index (χ4v) is 2.67. The van der Waals surface area contributed by atoms with Crippen LogP contribution in [0.1, 0.15) is 41.7 Å². The smallest absolute Gasteiger partial charge is 0.251 e. The zero-order valence-electron chi connectivity index (χ0n) is 15.2. The highest BCUT2D eigenvalue weighted by Crippen LogP contribution is 2.30. The highest BCUT2D eigenvalue weighted by molar-refractivity contribution is 5.96. The average molecular weight is 365 g/mol. The molecule has 3 rings (SSSR count). The molecule has 0 spiro atoms. The van der Waals surface area contributed by atoms with Gasteiger partial charge in [0.2, 0.25) is 11.8 Å². The maximum Gasteiger partial charge on any atom is 0.251 e. The molecule has 27 heavy (non-hydrogen) atoms. The molecule has 3 amide bonds. The Bertz CT molecular complexity index is 814. The first-order valence-corrected chi connectivity index (χ1v) is 9.06. The lowest BCUT2D eigenvalue weighted by molar-refractivity contribution is -0.120. The van der Waals surface area contributed by atoms with Crippen molar-refractivity contribution in [2.75, 3.05) is 11.9 Å². The molecule has 6 nitrogen and oxygen atoms in total. The molecule has 0 aromatic heterocycles. The van der Waals surface area contributed by atoms with Gasteiger partial charge in [-0.2, -0.15) is 0 Å². The molecule has 2 aromatic rings. The molecule has 1 unspecified atom stereocenters. The summed E-state index contributed by atoms with van der Waals surface area (Å²) in [6.07, 6.45) is 1.93. The molecule has 6 heteroatoms. The number of nitrogens with one attached hydrogen (secondary N) is 3. The summed E-state index contributed by atoms with van der Waals surface area (Å²) < 4.78 is 0. The van der Waals surface area contributed by atoms with Crippen molar-refractivity contribution in [2.45, 2.75) is 25.8 Å². The molecule has 0 radical (unpaired) electrons. The Kier molecular flexibility index (Phi) is 5.86. The topological polar surface area (TPSA) is 87.3 Å². The number of benzene rings is 2. The molecular weight excluding hydrogens is 342 g/mol. The van der Waals surface area contributed by atoms with Crippen molar-refractivity contribution in [1.82, 2.24) is 10.6 Å². The zero-order chi connectivity index (χ0) is 19.2. The van der Waals surface area contributed by atoms with E-state index in [-0.39, 0.29) is 36.2 Å². The largest absolute Gasteiger partial charge is 0.348 e. The molecular formula is C21H23N3O3. The number of carbonyl (C=O) groups is 3. The molecule has 1 aliphatic carbocycles. The number of hydrogen-bond acceptors (Lipinski definition) is 3. The Morgan fingerprint density at radius 1 is 1.00 bits per heavy atom. The van der Waals surface area contributed by atoms with E-state index in [4.69, 9.17) is 0 Å². The van der Waals surface area contributed by atoms with Gasteiger partial charge in [0.25, 0.3) is 5.91 Å². The molecule has 0 heterocycles. The average Bonchev–Trinajstić information content (AvgIpc) is 3.52. The molecule has 2 aromatic carbocycles. The second-order valence-corrected chi connectivity index (χ2v) is 6.72. The van der Waals surface area contributed by atoms with E-state index >= 15 is 0 Å². The van der Waals surface area contributed by atoms with E-state index in [2.05, 4.69) is 16.0 Å². The van der Waals surface area contributed by atoms with E-state index in [0.29, 0.717) is 5.56 Å². The fourth-order valence-electron chi connectivity index (χ4n) is 2.67. The van der Waals surface area contributed by atoms with Crippen LogP contribution in [-0.2, 0) is 9.59 Å². The fraction of sp³-hybridized carbons (Fsp3) is 0.286. The summed E-state index contributed by atoms with van der Waals surface area (Å²) in [6.45, 7) is 1.78. The van der Waals surface area contributed by atoms with Crippen LogP contribution in [0.4, 0.5) is 5.69 Å². The molecule has 0 aliphatic heterocycles. The third kappa shape index (κ3) is 5.41. The molecule has 1 atom stereocenters. The van der Waals surface area contributed by atoms with Crippen LogP contribution in [0, 0.1) is 5.92 Å². The first kappa shape index (κ1) is 18.6. The lowest BCUT2D eigenvalue weighted by Gasteiger charge is -2.15. The molecule has 0 saturated heterocycles. The van der Waals surface area contributed by atoms with Crippen molar-refractivity contribution in [1.29, 1.82) is 0 Å². The van der Waals surface area contributed by atoms with E-state index in [0.717, 1.165) is 24.1 Å². The van der Waals surface area contributed by atoms with Crippen LogP contribution in [0.3, 0.4) is 0 Å². The Labute approximate surface area is 158 Å². The van der Waals surface area contributed by atoms with Crippen LogP contribution in [0.25, 0.3) is 0 Å². The number of amides is 3. The number of hydrogen-bond donors (Lipinski definition) is 3. The second kappa shape index (κ2) is 8.49. The molecule has 1 fully saturated rings. The molecule has 140 valence electrons. The second-order valence-electron chi connectivity index (χ2n) is 6.72.